The molecule has 0 radical (unpaired) electrons. The summed E-state index contributed by atoms with van der Waals surface area (Å²) in [7, 11) is 1.72. The third-order valence-corrected chi connectivity index (χ3v) is 3.77. The van der Waals surface area contributed by atoms with E-state index in [2.05, 4.69) is 0 Å². The second-order valence-corrected chi connectivity index (χ2v) is 5.47. The molecule has 0 amide bonds. The summed E-state index contributed by atoms with van der Waals surface area (Å²) >= 11 is 0. The Labute approximate surface area is 144 Å². The number of hydrogen-bond donors (Lipinski definition) is 1. The number of likely N-dealkylation sites (N-methyl/N-ethyl adjacent to an activating group) is 1. The maximum Gasteiger partial charge on any atom is 0.303 e. The van der Waals surface area contributed by atoms with Crippen LogP contribution in [0, 0.1) is 10.1 Å². The molecule has 2 aromatic rings. The van der Waals surface area contributed by atoms with Crippen molar-refractivity contribution in [1.29, 1.82) is 0 Å². The average molecular weight is 343 g/mol. The molecule has 2 rings (SSSR count). The Bertz CT molecular complexity index is 759. The minimum Gasteiger partial charge on any atom is -0.451 e. The van der Waals surface area contributed by atoms with Crippen molar-refractivity contribution < 1.29 is 24.6 Å². The maximum atomic E-state index is 12.8. The van der Waals surface area contributed by atoms with Crippen LogP contribution in [0.1, 0.15) is 28.9 Å². The van der Waals surface area contributed by atoms with E-state index in [9.17, 15) is 19.7 Å². The van der Waals surface area contributed by atoms with Crippen molar-refractivity contribution in [3.63, 3.8) is 0 Å². The Hall–Kier alpha value is -3.06. The van der Waals surface area contributed by atoms with Crippen molar-refractivity contribution >= 4 is 17.4 Å². The molecule has 0 aliphatic carbocycles. The summed E-state index contributed by atoms with van der Waals surface area (Å²) in [5.74, 6) is -0.719. The molecule has 25 heavy (non-hydrogen) atoms. The fourth-order valence-corrected chi connectivity index (χ4v) is 2.57. The molecule has 2 aromatic carbocycles. The van der Waals surface area contributed by atoms with Crippen LogP contribution in [0.5, 0.6) is 0 Å². The van der Waals surface area contributed by atoms with Crippen molar-refractivity contribution in [3.05, 3.63) is 75.8 Å². The first kappa shape index (κ1) is 18.3. The summed E-state index contributed by atoms with van der Waals surface area (Å²) in [6, 6.07) is 13.7. The van der Waals surface area contributed by atoms with Crippen LogP contribution >= 0.6 is 0 Å². The van der Waals surface area contributed by atoms with Gasteiger partial charge >= 0.3 is 5.97 Å². The number of quaternary nitrogens is 1. The minimum atomic E-state index is -0.851. The Morgan fingerprint density at radius 2 is 1.68 bits per heavy atom. The van der Waals surface area contributed by atoms with Gasteiger partial charge in [0.15, 0.2) is 12.1 Å². The van der Waals surface area contributed by atoms with Crippen LogP contribution in [0.3, 0.4) is 0 Å². The minimum absolute atomic E-state index is 0.0725. The number of carbonyl (C=O) groups excluding carboxylic acids is 2. The second kappa shape index (κ2) is 8.16. The molecule has 0 aliphatic rings. The second-order valence-electron chi connectivity index (χ2n) is 5.47. The standard InChI is InChI=1S/C18H18N2O5/c1-12(21)25-18(14-8-10-15(11-9-14)20(23)24)16(19-2)17(22)13-6-4-3-5-7-13/h3-11,16,18-19H,1-2H3/p+1/t16-,18-/m1/s1. The molecule has 0 aliphatic heterocycles. The molecule has 7 heteroatoms. The molecule has 0 saturated carbocycles. The van der Waals surface area contributed by atoms with Crippen LogP contribution in [0.2, 0.25) is 0 Å². The molecule has 0 bridgehead atoms. The predicted molar refractivity (Wildman–Crippen MR) is 90.0 cm³/mol. The number of Topliss-reactive ketones (excluding diaryl/α,β-unsaturated/α-hetero) is 1. The molecule has 7 nitrogen and oxygen atoms in total. The number of nitrogens with two attached hydrogens (primary N) is 1. The van der Waals surface area contributed by atoms with Gasteiger partial charge in [-0.05, 0) is 17.7 Å². The molecular formula is C18H19N2O5+. The summed E-state index contributed by atoms with van der Waals surface area (Å²) in [5.41, 5.74) is 0.953. The van der Waals surface area contributed by atoms with E-state index in [1.807, 2.05) is 0 Å². The number of nitro groups is 1. The molecule has 2 N–H and O–H groups in total. The highest BCUT2D eigenvalue weighted by atomic mass is 16.6. The fourth-order valence-electron chi connectivity index (χ4n) is 2.57. The van der Waals surface area contributed by atoms with Crippen molar-refractivity contribution in [2.45, 2.75) is 19.1 Å². The molecule has 0 saturated heterocycles. The predicted octanol–water partition coefficient (Wildman–Crippen LogP) is 1.64. The Kier molecular flexibility index (Phi) is 5.97. The van der Waals surface area contributed by atoms with Gasteiger partial charge in [-0.25, -0.2) is 0 Å². The average Bonchev–Trinajstić information content (AvgIpc) is 2.62. The summed E-state index contributed by atoms with van der Waals surface area (Å²) in [6.07, 6.45) is -0.851. The maximum absolute atomic E-state index is 12.8. The van der Waals surface area contributed by atoms with Gasteiger partial charge < -0.3 is 10.1 Å². The van der Waals surface area contributed by atoms with Crippen molar-refractivity contribution in [1.82, 2.24) is 0 Å². The molecule has 0 unspecified atom stereocenters. The summed E-state index contributed by atoms with van der Waals surface area (Å²) in [4.78, 5) is 34.6. The van der Waals surface area contributed by atoms with Gasteiger partial charge in [0.1, 0.15) is 0 Å². The quantitative estimate of drug-likeness (QED) is 0.356. The van der Waals surface area contributed by atoms with Gasteiger partial charge in [0.05, 0.1) is 12.0 Å². The molecule has 130 valence electrons. The van der Waals surface area contributed by atoms with Crippen molar-refractivity contribution in [2.24, 2.45) is 0 Å². The smallest absolute Gasteiger partial charge is 0.303 e. The number of esters is 1. The highest BCUT2D eigenvalue weighted by Gasteiger charge is 2.35. The first-order chi connectivity index (χ1) is 11.9. The first-order valence-electron chi connectivity index (χ1n) is 7.74. The number of non-ortho nitro benzene ring substituents is 1. The van der Waals surface area contributed by atoms with Gasteiger partial charge in [0.2, 0.25) is 5.78 Å². The van der Waals surface area contributed by atoms with E-state index in [0.717, 1.165) is 0 Å². The van der Waals surface area contributed by atoms with Crippen molar-refractivity contribution in [2.75, 3.05) is 7.05 Å². The van der Waals surface area contributed by atoms with Gasteiger partial charge in [-0.1, -0.05) is 30.3 Å². The van der Waals surface area contributed by atoms with Crippen LogP contribution in [0.4, 0.5) is 5.69 Å². The van der Waals surface area contributed by atoms with Crippen LogP contribution < -0.4 is 5.32 Å². The molecule has 2 atom stereocenters. The van der Waals surface area contributed by atoms with Crippen molar-refractivity contribution in [3.8, 4) is 0 Å². The van der Waals surface area contributed by atoms with Gasteiger partial charge in [0, 0.05) is 24.6 Å². The zero-order valence-corrected chi connectivity index (χ0v) is 13.9. The Balaban J connectivity index is 2.38. The van der Waals surface area contributed by atoms with Gasteiger partial charge in [-0.2, -0.15) is 0 Å². The van der Waals surface area contributed by atoms with Gasteiger partial charge in [-0.3, -0.25) is 19.7 Å². The van der Waals surface area contributed by atoms with E-state index < -0.39 is 23.0 Å². The topological polar surface area (TPSA) is 103 Å². The molecular weight excluding hydrogens is 324 g/mol. The number of benzene rings is 2. The normalized spacial score (nSPS) is 12.9. The van der Waals surface area contributed by atoms with E-state index in [0.29, 0.717) is 11.1 Å². The number of carbonyl (C=O) groups is 2. The van der Waals surface area contributed by atoms with Crippen LogP contribution in [-0.4, -0.2) is 29.8 Å². The monoisotopic (exact) mass is 343 g/mol. The Morgan fingerprint density at radius 1 is 1.08 bits per heavy atom. The summed E-state index contributed by atoms with van der Waals surface area (Å²) in [6.45, 7) is 1.26. The van der Waals surface area contributed by atoms with E-state index in [1.165, 1.54) is 31.2 Å². The number of ketones is 1. The molecule has 0 spiro atoms. The van der Waals surface area contributed by atoms with Crippen LogP contribution in [0.15, 0.2) is 54.6 Å². The zero-order valence-electron chi connectivity index (χ0n) is 13.9. The third kappa shape index (κ3) is 4.48. The lowest BCUT2D eigenvalue weighted by Gasteiger charge is -2.23. The number of ether oxygens (including phenoxy) is 1. The lowest BCUT2D eigenvalue weighted by Crippen LogP contribution is -2.89. The highest BCUT2D eigenvalue weighted by molar-refractivity contribution is 5.99. The number of nitro benzene ring substituents is 1. The van der Waals surface area contributed by atoms with Gasteiger partial charge in [0.25, 0.3) is 5.69 Å². The van der Waals surface area contributed by atoms with E-state index in [1.54, 1.807) is 42.7 Å². The number of hydrogen-bond acceptors (Lipinski definition) is 5. The third-order valence-electron chi connectivity index (χ3n) is 3.77. The Morgan fingerprint density at radius 3 is 2.16 bits per heavy atom. The number of rotatable bonds is 7. The van der Waals surface area contributed by atoms with E-state index in [4.69, 9.17) is 4.74 Å². The molecule has 0 aromatic heterocycles. The summed E-state index contributed by atoms with van der Waals surface area (Å²) < 4.78 is 5.37. The molecule has 0 fully saturated rings. The zero-order chi connectivity index (χ0) is 18.4. The van der Waals surface area contributed by atoms with Crippen LogP contribution in [0.25, 0.3) is 0 Å². The van der Waals surface area contributed by atoms with E-state index >= 15 is 0 Å². The van der Waals surface area contributed by atoms with Crippen LogP contribution in [-0.2, 0) is 9.53 Å². The lowest BCUT2D eigenvalue weighted by atomic mass is 9.94. The first-order valence-corrected chi connectivity index (χ1v) is 7.74. The fraction of sp³-hybridized carbons (Fsp3) is 0.222. The SMILES string of the molecule is C[NH2+][C@H](C(=O)c1ccccc1)[C@H](OC(C)=O)c1ccc([N+](=O)[O-])cc1. The van der Waals surface area contributed by atoms with Gasteiger partial charge in [-0.15, -0.1) is 0 Å². The largest absolute Gasteiger partial charge is 0.451 e. The summed E-state index contributed by atoms with van der Waals surface area (Å²) in [5, 5.41) is 12.5. The number of nitrogens with zero attached hydrogens (tertiary/aromatic N) is 1. The molecule has 0 heterocycles. The van der Waals surface area contributed by atoms with E-state index in [-0.39, 0.29) is 11.5 Å². The highest BCUT2D eigenvalue weighted by Crippen LogP contribution is 2.24. The lowest BCUT2D eigenvalue weighted by molar-refractivity contribution is -0.657.